The molecule has 0 spiro atoms. The molecule has 1 N–H and O–H groups in total. The van der Waals surface area contributed by atoms with Crippen LogP contribution in [0.5, 0.6) is 0 Å². The van der Waals surface area contributed by atoms with Crippen LogP contribution in [0, 0.1) is 11.8 Å². The van der Waals surface area contributed by atoms with E-state index in [0.717, 1.165) is 34.6 Å². The fourth-order valence-corrected chi connectivity index (χ4v) is 2.19. The second kappa shape index (κ2) is 6.80. The predicted octanol–water partition coefficient (Wildman–Crippen LogP) is 5.02. The Morgan fingerprint density at radius 2 is 1.52 bits per heavy atom. The monoisotopic (exact) mass is 298 g/mol. The average Bonchev–Trinajstić information content (AvgIpc) is 2.48. The van der Waals surface area contributed by atoms with Crippen LogP contribution in [0.25, 0.3) is 11.1 Å². The van der Waals surface area contributed by atoms with Crippen molar-refractivity contribution in [1.29, 1.82) is 0 Å². The highest BCUT2D eigenvalue weighted by atomic mass is 35.5. The molecule has 2 aromatic carbocycles. The van der Waals surface area contributed by atoms with Crippen LogP contribution >= 0.6 is 11.6 Å². The number of rotatable bonds is 3. The summed E-state index contributed by atoms with van der Waals surface area (Å²) in [4.78, 5) is 0. The lowest BCUT2D eigenvalue weighted by atomic mass is 9.94. The molecule has 1 atom stereocenters. The minimum atomic E-state index is -1.10. The van der Waals surface area contributed by atoms with Gasteiger partial charge >= 0.3 is 0 Å². The maximum atomic E-state index is 10.4. The minimum Gasteiger partial charge on any atom is -0.374 e. The smallest absolute Gasteiger partial charge is 0.148 e. The summed E-state index contributed by atoms with van der Waals surface area (Å²) in [6, 6.07) is 15.5. The van der Waals surface area contributed by atoms with E-state index in [2.05, 4.69) is 18.8 Å². The summed E-state index contributed by atoms with van der Waals surface area (Å²) >= 11 is 5.90. The third-order valence-corrected chi connectivity index (χ3v) is 3.58. The summed E-state index contributed by atoms with van der Waals surface area (Å²) in [6.07, 6.45) is 1.80. The van der Waals surface area contributed by atoms with Gasteiger partial charge in [0, 0.05) is 11.4 Å². The lowest BCUT2D eigenvalue weighted by molar-refractivity contribution is 0.122. The largest absolute Gasteiger partial charge is 0.374 e. The predicted molar refractivity (Wildman–Crippen MR) is 89.1 cm³/mol. The van der Waals surface area contributed by atoms with Crippen LogP contribution in [-0.4, -0.2) is 5.11 Å². The molecule has 108 valence electrons. The number of unbranched alkanes of at least 4 members (excludes halogenated alkanes) is 1. The quantitative estimate of drug-likeness (QED) is 0.789. The molecule has 0 aromatic heterocycles. The Balaban J connectivity index is 2.23. The van der Waals surface area contributed by atoms with Gasteiger partial charge in [0.25, 0.3) is 0 Å². The van der Waals surface area contributed by atoms with E-state index in [1.807, 2.05) is 48.5 Å². The zero-order valence-corrected chi connectivity index (χ0v) is 13.1. The van der Waals surface area contributed by atoms with E-state index in [9.17, 15) is 5.11 Å². The van der Waals surface area contributed by atoms with Gasteiger partial charge in [0.1, 0.15) is 5.60 Å². The Morgan fingerprint density at radius 3 is 2.05 bits per heavy atom. The maximum absolute atomic E-state index is 10.4. The number of aliphatic hydroxyl groups is 1. The van der Waals surface area contributed by atoms with Crippen LogP contribution in [0.4, 0.5) is 0 Å². The van der Waals surface area contributed by atoms with Crippen molar-refractivity contribution in [1.82, 2.24) is 0 Å². The van der Waals surface area contributed by atoms with Crippen LogP contribution in [-0.2, 0) is 5.60 Å². The summed E-state index contributed by atoms with van der Waals surface area (Å²) in [5, 5.41) is 11.1. The van der Waals surface area contributed by atoms with Crippen molar-refractivity contribution in [3.8, 4) is 23.0 Å². The van der Waals surface area contributed by atoms with Gasteiger partial charge in [0.05, 0.1) is 0 Å². The summed E-state index contributed by atoms with van der Waals surface area (Å²) in [5.41, 5.74) is 1.90. The molecular formula is C19H19ClO. The Kier molecular flexibility index (Phi) is 5.07. The zero-order chi connectivity index (χ0) is 15.3. The Morgan fingerprint density at radius 1 is 1.00 bits per heavy atom. The summed E-state index contributed by atoms with van der Waals surface area (Å²) in [6.45, 7) is 3.80. The van der Waals surface area contributed by atoms with Crippen LogP contribution in [0.3, 0.4) is 0 Å². The molecule has 0 fully saturated rings. The van der Waals surface area contributed by atoms with E-state index in [4.69, 9.17) is 11.6 Å². The second-order valence-corrected chi connectivity index (χ2v) is 5.64. The van der Waals surface area contributed by atoms with Crippen molar-refractivity contribution in [3.05, 3.63) is 59.1 Å². The fourth-order valence-electron chi connectivity index (χ4n) is 2.06. The van der Waals surface area contributed by atoms with Crippen molar-refractivity contribution in [2.75, 3.05) is 0 Å². The molecule has 0 saturated carbocycles. The van der Waals surface area contributed by atoms with Gasteiger partial charge in [-0.1, -0.05) is 66.8 Å². The van der Waals surface area contributed by atoms with Crippen molar-refractivity contribution < 1.29 is 5.11 Å². The lowest BCUT2D eigenvalue weighted by Crippen LogP contribution is -2.18. The highest BCUT2D eigenvalue weighted by molar-refractivity contribution is 6.30. The molecule has 2 rings (SSSR count). The summed E-state index contributed by atoms with van der Waals surface area (Å²) in [7, 11) is 0. The molecule has 0 saturated heterocycles. The molecule has 0 amide bonds. The molecule has 0 heterocycles. The topological polar surface area (TPSA) is 20.2 Å². The van der Waals surface area contributed by atoms with Crippen LogP contribution < -0.4 is 0 Å². The number of hydrogen-bond donors (Lipinski definition) is 1. The number of benzene rings is 2. The van der Waals surface area contributed by atoms with E-state index >= 15 is 0 Å². The number of hydrogen-bond acceptors (Lipinski definition) is 1. The van der Waals surface area contributed by atoms with E-state index in [1.165, 1.54) is 0 Å². The molecule has 0 aliphatic rings. The molecule has 0 radical (unpaired) electrons. The third kappa shape index (κ3) is 4.11. The highest BCUT2D eigenvalue weighted by Gasteiger charge is 2.19. The van der Waals surface area contributed by atoms with Crippen LogP contribution in [0.1, 0.15) is 32.3 Å². The molecule has 0 aliphatic heterocycles. The van der Waals surface area contributed by atoms with Gasteiger partial charge in [0.2, 0.25) is 0 Å². The van der Waals surface area contributed by atoms with Crippen LogP contribution in [0.2, 0.25) is 5.02 Å². The van der Waals surface area contributed by atoms with Gasteiger partial charge in [-0.3, -0.25) is 0 Å². The average molecular weight is 299 g/mol. The second-order valence-electron chi connectivity index (χ2n) is 5.21. The Hall–Kier alpha value is -1.75. The lowest BCUT2D eigenvalue weighted by Gasteiger charge is -2.17. The molecule has 2 aromatic rings. The minimum absolute atomic E-state index is 0.726. The van der Waals surface area contributed by atoms with Gasteiger partial charge in [-0.15, -0.1) is 0 Å². The molecule has 0 aliphatic carbocycles. The Labute approximate surface area is 131 Å². The van der Waals surface area contributed by atoms with E-state index in [1.54, 1.807) is 6.92 Å². The van der Waals surface area contributed by atoms with Crippen molar-refractivity contribution in [2.45, 2.75) is 32.3 Å². The first-order valence-electron chi connectivity index (χ1n) is 7.12. The van der Waals surface area contributed by atoms with Crippen molar-refractivity contribution in [3.63, 3.8) is 0 Å². The van der Waals surface area contributed by atoms with E-state index in [-0.39, 0.29) is 0 Å². The molecule has 21 heavy (non-hydrogen) atoms. The molecule has 1 unspecified atom stereocenters. The standard InChI is InChI=1S/C19H19ClO/c1-3-4-5-14-19(2,21)17-10-6-15(7-11-17)16-8-12-18(20)13-9-16/h6-13,21H,3-4H2,1-2H3. The third-order valence-electron chi connectivity index (χ3n) is 3.33. The van der Waals surface area contributed by atoms with Crippen molar-refractivity contribution in [2.24, 2.45) is 0 Å². The first kappa shape index (κ1) is 15.6. The number of halogens is 1. The molecule has 2 heteroatoms. The first-order valence-corrected chi connectivity index (χ1v) is 7.49. The SMILES string of the molecule is CCCC#CC(C)(O)c1ccc(-c2ccc(Cl)cc2)cc1. The van der Waals surface area contributed by atoms with Gasteiger partial charge in [-0.2, -0.15) is 0 Å². The summed E-state index contributed by atoms with van der Waals surface area (Å²) < 4.78 is 0. The first-order chi connectivity index (χ1) is 10.0. The maximum Gasteiger partial charge on any atom is 0.148 e. The normalized spacial score (nSPS) is 13.1. The van der Waals surface area contributed by atoms with Gasteiger partial charge in [-0.05, 0) is 42.2 Å². The van der Waals surface area contributed by atoms with Gasteiger partial charge < -0.3 is 5.11 Å². The fraction of sp³-hybridized carbons (Fsp3) is 0.263. The highest BCUT2D eigenvalue weighted by Crippen LogP contribution is 2.25. The van der Waals surface area contributed by atoms with Gasteiger partial charge in [-0.25, -0.2) is 0 Å². The summed E-state index contributed by atoms with van der Waals surface area (Å²) in [5.74, 6) is 5.94. The van der Waals surface area contributed by atoms with Crippen molar-refractivity contribution >= 4 is 11.6 Å². The Bertz CT molecular complexity index is 643. The van der Waals surface area contributed by atoms with E-state index in [0.29, 0.717) is 0 Å². The molecule has 1 nitrogen and oxygen atoms in total. The zero-order valence-electron chi connectivity index (χ0n) is 12.4. The molecular weight excluding hydrogens is 280 g/mol. The van der Waals surface area contributed by atoms with E-state index < -0.39 is 5.60 Å². The van der Waals surface area contributed by atoms with Gasteiger partial charge in [0.15, 0.2) is 0 Å². The molecule has 0 bridgehead atoms. The van der Waals surface area contributed by atoms with Crippen LogP contribution in [0.15, 0.2) is 48.5 Å².